The molecule has 0 aromatic heterocycles. The Morgan fingerprint density at radius 3 is 2.81 bits per heavy atom. The highest BCUT2D eigenvalue weighted by Gasteiger charge is 2.31. The zero-order chi connectivity index (χ0) is 11.6. The van der Waals surface area contributed by atoms with E-state index >= 15 is 0 Å². The average Bonchev–Trinajstić information content (AvgIpc) is 2.30. The highest BCUT2D eigenvalue weighted by atomic mass is 16.4. The molecule has 3 heteroatoms. The number of piperidine rings is 1. The second-order valence-electron chi connectivity index (χ2n) is 4.69. The van der Waals surface area contributed by atoms with E-state index < -0.39 is 5.97 Å². The van der Waals surface area contributed by atoms with Gasteiger partial charge >= 0.3 is 5.97 Å². The molecular formula is C13H17NO2. The smallest absolute Gasteiger partial charge is 0.335 e. The molecule has 0 radical (unpaired) electrons. The number of carboxylic acids is 1. The van der Waals surface area contributed by atoms with Gasteiger partial charge in [0.05, 0.1) is 5.56 Å². The van der Waals surface area contributed by atoms with Gasteiger partial charge in [0, 0.05) is 12.0 Å². The standard InChI is InChI=1S/C13H17NO2/c1-13(7-4-8-14-9-13)11-6-3-2-5-10(11)12(15)16/h2-3,5-6,14H,4,7-9H2,1H3,(H,15,16). The van der Waals surface area contributed by atoms with Crippen LogP contribution in [0.3, 0.4) is 0 Å². The minimum absolute atomic E-state index is 0.0484. The van der Waals surface area contributed by atoms with E-state index in [1.165, 1.54) is 0 Å². The van der Waals surface area contributed by atoms with Gasteiger partial charge in [-0.2, -0.15) is 0 Å². The highest BCUT2D eigenvalue weighted by molar-refractivity contribution is 5.89. The first kappa shape index (κ1) is 11.1. The molecule has 1 aromatic carbocycles. The van der Waals surface area contributed by atoms with Crippen molar-refractivity contribution in [2.24, 2.45) is 0 Å². The van der Waals surface area contributed by atoms with Gasteiger partial charge in [-0.3, -0.25) is 0 Å². The van der Waals surface area contributed by atoms with E-state index in [1.54, 1.807) is 12.1 Å². The number of rotatable bonds is 2. The van der Waals surface area contributed by atoms with Crippen molar-refractivity contribution in [1.29, 1.82) is 0 Å². The lowest BCUT2D eigenvalue weighted by Gasteiger charge is -2.35. The quantitative estimate of drug-likeness (QED) is 0.800. The molecule has 2 rings (SSSR count). The molecule has 1 saturated heterocycles. The van der Waals surface area contributed by atoms with Crippen molar-refractivity contribution in [3.05, 3.63) is 35.4 Å². The summed E-state index contributed by atoms with van der Waals surface area (Å²) >= 11 is 0. The summed E-state index contributed by atoms with van der Waals surface area (Å²) in [7, 11) is 0. The molecule has 0 spiro atoms. The molecule has 0 amide bonds. The Hall–Kier alpha value is -1.35. The lowest BCUT2D eigenvalue weighted by Crippen LogP contribution is -2.41. The molecular weight excluding hydrogens is 202 g/mol. The SMILES string of the molecule is CC1(c2ccccc2C(=O)O)CCCNC1. The van der Waals surface area contributed by atoms with Gasteiger partial charge in [0.25, 0.3) is 0 Å². The van der Waals surface area contributed by atoms with Crippen molar-refractivity contribution < 1.29 is 9.90 Å². The van der Waals surface area contributed by atoms with Gasteiger partial charge < -0.3 is 10.4 Å². The van der Waals surface area contributed by atoms with Crippen LogP contribution in [0, 0.1) is 0 Å². The predicted molar refractivity (Wildman–Crippen MR) is 62.9 cm³/mol. The van der Waals surface area contributed by atoms with E-state index in [4.69, 9.17) is 0 Å². The van der Waals surface area contributed by atoms with Crippen LogP contribution in [-0.2, 0) is 5.41 Å². The molecule has 1 aliphatic heterocycles. The third kappa shape index (κ3) is 1.95. The summed E-state index contributed by atoms with van der Waals surface area (Å²) in [6.45, 7) is 4.03. The first-order valence-corrected chi connectivity index (χ1v) is 5.67. The number of carboxylic acid groups (broad SMARTS) is 1. The molecule has 1 atom stereocenters. The highest BCUT2D eigenvalue weighted by Crippen LogP contribution is 2.32. The number of nitrogens with one attached hydrogen (secondary N) is 1. The molecule has 1 aliphatic rings. The predicted octanol–water partition coefficient (Wildman–Crippen LogP) is 2.03. The third-order valence-corrected chi connectivity index (χ3v) is 3.40. The van der Waals surface area contributed by atoms with E-state index in [1.807, 2.05) is 12.1 Å². The van der Waals surface area contributed by atoms with Crippen molar-refractivity contribution in [3.8, 4) is 0 Å². The van der Waals surface area contributed by atoms with Crippen molar-refractivity contribution in [3.63, 3.8) is 0 Å². The van der Waals surface area contributed by atoms with Crippen LogP contribution in [0.25, 0.3) is 0 Å². The molecule has 16 heavy (non-hydrogen) atoms. The summed E-state index contributed by atoms with van der Waals surface area (Å²) in [4.78, 5) is 11.2. The summed E-state index contributed by atoms with van der Waals surface area (Å²) < 4.78 is 0. The first-order valence-electron chi connectivity index (χ1n) is 5.67. The van der Waals surface area contributed by atoms with Gasteiger partial charge in [-0.05, 0) is 31.0 Å². The van der Waals surface area contributed by atoms with Gasteiger partial charge in [-0.1, -0.05) is 25.1 Å². The lowest BCUT2D eigenvalue weighted by atomic mass is 9.74. The van der Waals surface area contributed by atoms with E-state index in [0.717, 1.165) is 31.5 Å². The molecule has 0 aliphatic carbocycles. The van der Waals surface area contributed by atoms with Crippen molar-refractivity contribution in [1.82, 2.24) is 5.32 Å². The van der Waals surface area contributed by atoms with Crippen molar-refractivity contribution in [2.45, 2.75) is 25.2 Å². The van der Waals surface area contributed by atoms with Crippen LogP contribution in [0.15, 0.2) is 24.3 Å². The average molecular weight is 219 g/mol. The maximum Gasteiger partial charge on any atom is 0.335 e. The third-order valence-electron chi connectivity index (χ3n) is 3.40. The fraction of sp³-hybridized carbons (Fsp3) is 0.462. The van der Waals surface area contributed by atoms with Gasteiger partial charge in [-0.15, -0.1) is 0 Å². The minimum atomic E-state index is -0.831. The Morgan fingerprint density at radius 2 is 2.19 bits per heavy atom. The summed E-state index contributed by atoms with van der Waals surface area (Å²) in [5.74, 6) is -0.831. The summed E-state index contributed by atoms with van der Waals surface area (Å²) in [5, 5.41) is 12.5. The summed E-state index contributed by atoms with van der Waals surface area (Å²) in [6, 6.07) is 7.34. The fourth-order valence-corrected chi connectivity index (χ4v) is 2.48. The maximum absolute atomic E-state index is 11.2. The van der Waals surface area contributed by atoms with Crippen LogP contribution in [-0.4, -0.2) is 24.2 Å². The van der Waals surface area contributed by atoms with Crippen molar-refractivity contribution >= 4 is 5.97 Å². The second kappa shape index (κ2) is 4.26. The first-order chi connectivity index (χ1) is 7.63. The Morgan fingerprint density at radius 1 is 1.44 bits per heavy atom. The number of benzene rings is 1. The zero-order valence-corrected chi connectivity index (χ0v) is 9.49. The number of hydrogen-bond donors (Lipinski definition) is 2. The molecule has 1 heterocycles. The van der Waals surface area contributed by atoms with Gasteiger partial charge in [0.1, 0.15) is 0 Å². The summed E-state index contributed by atoms with van der Waals surface area (Å²) in [6.07, 6.45) is 2.15. The van der Waals surface area contributed by atoms with Crippen LogP contribution in [0.2, 0.25) is 0 Å². The molecule has 86 valence electrons. The zero-order valence-electron chi connectivity index (χ0n) is 9.49. The lowest BCUT2D eigenvalue weighted by molar-refractivity contribution is 0.0693. The van der Waals surface area contributed by atoms with Gasteiger partial charge in [-0.25, -0.2) is 4.79 Å². The Kier molecular flexibility index (Phi) is 2.97. The minimum Gasteiger partial charge on any atom is -0.478 e. The van der Waals surface area contributed by atoms with Crippen LogP contribution >= 0.6 is 0 Å². The van der Waals surface area contributed by atoms with E-state index in [0.29, 0.717) is 5.56 Å². The van der Waals surface area contributed by atoms with Crippen LogP contribution in [0.4, 0.5) is 0 Å². The topological polar surface area (TPSA) is 49.3 Å². The normalized spacial score (nSPS) is 25.3. The van der Waals surface area contributed by atoms with Crippen LogP contribution in [0.1, 0.15) is 35.7 Å². The monoisotopic (exact) mass is 219 g/mol. The number of carbonyl (C=O) groups is 1. The van der Waals surface area contributed by atoms with E-state index in [9.17, 15) is 9.90 Å². The molecule has 3 nitrogen and oxygen atoms in total. The fourth-order valence-electron chi connectivity index (χ4n) is 2.48. The van der Waals surface area contributed by atoms with Crippen molar-refractivity contribution in [2.75, 3.05) is 13.1 Å². The molecule has 1 fully saturated rings. The van der Waals surface area contributed by atoms with Crippen LogP contribution < -0.4 is 5.32 Å². The molecule has 0 bridgehead atoms. The summed E-state index contributed by atoms with van der Waals surface area (Å²) in [5.41, 5.74) is 1.34. The number of hydrogen-bond acceptors (Lipinski definition) is 2. The Labute approximate surface area is 95.5 Å². The Bertz CT molecular complexity index is 395. The number of aromatic carboxylic acids is 1. The Balaban J connectivity index is 2.42. The van der Waals surface area contributed by atoms with E-state index in [-0.39, 0.29) is 5.41 Å². The molecule has 1 aromatic rings. The molecule has 1 unspecified atom stereocenters. The van der Waals surface area contributed by atoms with E-state index in [2.05, 4.69) is 12.2 Å². The molecule has 2 N–H and O–H groups in total. The largest absolute Gasteiger partial charge is 0.478 e. The second-order valence-corrected chi connectivity index (χ2v) is 4.69. The maximum atomic E-state index is 11.2. The molecule has 0 saturated carbocycles. The van der Waals surface area contributed by atoms with Crippen LogP contribution in [0.5, 0.6) is 0 Å². The van der Waals surface area contributed by atoms with Gasteiger partial charge in [0.2, 0.25) is 0 Å². The van der Waals surface area contributed by atoms with Gasteiger partial charge in [0.15, 0.2) is 0 Å².